The average molecular weight is 272 g/mol. The smallest absolute Gasteiger partial charge is 0.326 e. The molecule has 2 N–H and O–H groups in total. The van der Waals surface area contributed by atoms with Gasteiger partial charge < -0.3 is 24.7 Å². The van der Waals surface area contributed by atoms with Crippen molar-refractivity contribution in [3.8, 4) is 0 Å². The first-order valence-corrected chi connectivity index (χ1v) is 6.50. The minimum Gasteiger partial charge on any atom is -0.480 e. The molecule has 2 rings (SSSR count). The standard InChI is InChI=1S/C12H20N2O5/c1-7-4-13(5-8(2)19-7)12(18)14-6-9(15)3-10(14)11(16)17/h7-10,15H,3-6H2,1-2H3,(H,16,17)/t7-,8+,9?,10-/m0/s1. The third kappa shape index (κ3) is 2.98. The van der Waals surface area contributed by atoms with Crippen LogP contribution in [0.5, 0.6) is 0 Å². The number of aliphatic carboxylic acids is 1. The Morgan fingerprint density at radius 2 is 1.74 bits per heavy atom. The van der Waals surface area contributed by atoms with Crippen molar-refractivity contribution in [1.29, 1.82) is 0 Å². The predicted molar refractivity (Wildman–Crippen MR) is 65.7 cm³/mol. The van der Waals surface area contributed by atoms with Crippen molar-refractivity contribution in [3.05, 3.63) is 0 Å². The molecule has 1 unspecified atom stereocenters. The zero-order chi connectivity index (χ0) is 14.2. The summed E-state index contributed by atoms with van der Waals surface area (Å²) in [6.07, 6.45) is -0.802. The summed E-state index contributed by atoms with van der Waals surface area (Å²) >= 11 is 0. The second-order valence-electron chi connectivity index (χ2n) is 5.34. The van der Waals surface area contributed by atoms with Crippen LogP contribution in [-0.4, -0.2) is 76.0 Å². The van der Waals surface area contributed by atoms with E-state index in [0.717, 1.165) is 0 Å². The highest BCUT2D eigenvalue weighted by Crippen LogP contribution is 2.22. The van der Waals surface area contributed by atoms with Crippen LogP contribution in [0.15, 0.2) is 0 Å². The normalized spacial score (nSPS) is 35.5. The van der Waals surface area contributed by atoms with Crippen LogP contribution >= 0.6 is 0 Å². The zero-order valence-corrected chi connectivity index (χ0v) is 11.2. The fourth-order valence-corrected chi connectivity index (χ4v) is 2.78. The van der Waals surface area contributed by atoms with Crippen LogP contribution < -0.4 is 0 Å². The fraction of sp³-hybridized carbons (Fsp3) is 0.833. The molecule has 2 fully saturated rings. The number of nitrogens with zero attached hydrogens (tertiary/aromatic N) is 2. The van der Waals surface area contributed by atoms with E-state index >= 15 is 0 Å². The van der Waals surface area contributed by atoms with E-state index in [2.05, 4.69) is 0 Å². The molecule has 0 saturated carbocycles. The topological polar surface area (TPSA) is 90.3 Å². The Hall–Kier alpha value is -1.34. The average Bonchev–Trinajstić information content (AvgIpc) is 2.69. The molecule has 4 atom stereocenters. The molecule has 2 amide bonds. The van der Waals surface area contributed by atoms with E-state index in [4.69, 9.17) is 9.84 Å². The monoisotopic (exact) mass is 272 g/mol. The quantitative estimate of drug-likeness (QED) is 0.686. The summed E-state index contributed by atoms with van der Waals surface area (Å²) in [6.45, 7) is 4.73. The largest absolute Gasteiger partial charge is 0.480 e. The predicted octanol–water partition coefficient (Wildman–Crippen LogP) is -0.265. The summed E-state index contributed by atoms with van der Waals surface area (Å²) in [5.41, 5.74) is 0. The van der Waals surface area contributed by atoms with Gasteiger partial charge in [-0.05, 0) is 13.8 Å². The molecule has 2 heterocycles. The van der Waals surface area contributed by atoms with Crippen molar-refractivity contribution in [2.24, 2.45) is 0 Å². The number of urea groups is 1. The van der Waals surface area contributed by atoms with Gasteiger partial charge in [-0.15, -0.1) is 0 Å². The van der Waals surface area contributed by atoms with Gasteiger partial charge in [-0.25, -0.2) is 9.59 Å². The molecule has 19 heavy (non-hydrogen) atoms. The van der Waals surface area contributed by atoms with Gasteiger partial charge in [0.1, 0.15) is 6.04 Å². The first kappa shape index (κ1) is 14.1. The van der Waals surface area contributed by atoms with Crippen molar-refractivity contribution in [2.75, 3.05) is 19.6 Å². The Morgan fingerprint density at radius 1 is 1.16 bits per heavy atom. The highest BCUT2D eigenvalue weighted by molar-refractivity contribution is 5.83. The van der Waals surface area contributed by atoms with E-state index < -0.39 is 18.1 Å². The van der Waals surface area contributed by atoms with Crippen molar-refractivity contribution in [1.82, 2.24) is 9.80 Å². The first-order valence-electron chi connectivity index (χ1n) is 6.50. The zero-order valence-electron chi connectivity index (χ0n) is 11.2. The SMILES string of the molecule is C[C@@H]1CN(C(=O)N2CC(O)C[C@H]2C(=O)O)C[C@H](C)O1. The molecule has 0 aromatic heterocycles. The maximum atomic E-state index is 12.4. The summed E-state index contributed by atoms with van der Waals surface area (Å²) in [5, 5.41) is 18.7. The Morgan fingerprint density at radius 3 is 2.26 bits per heavy atom. The Bertz CT molecular complexity index is 365. The fourth-order valence-electron chi connectivity index (χ4n) is 2.78. The van der Waals surface area contributed by atoms with Gasteiger partial charge in [0, 0.05) is 26.1 Å². The Balaban J connectivity index is 2.07. The summed E-state index contributed by atoms with van der Waals surface area (Å²) in [6, 6.07) is -1.26. The van der Waals surface area contributed by atoms with E-state index in [1.165, 1.54) is 4.90 Å². The Labute approximate surface area is 111 Å². The summed E-state index contributed by atoms with van der Waals surface area (Å²) in [5.74, 6) is -1.07. The molecule has 0 aromatic carbocycles. The number of carboxylic acids is 1. The van der Waals surface area contributed by atoms with Crippen LogP contribution in [0.4, 0.5) is 4.79 Å². The molecule has 0 aromatic rings. The lowest BCUT2D eigenvalue weighted by atomic mass is 10.2. The van der Waals surface area contributed by atoms with Crippen LogP contribution in [-0.2, 0) is 9.53 Å². The summed E-state index contributed by atoms with van der Waals surface area (Å²) in [4.78, 5) is 26.4. The third-order valence-electron chi connectivity index (χ3n) is 3.50. The van der Waals surface area contributed by atoms with Gasteiger partial charge in [0.25, 0.3) is 0 Å². The number of aliphatic hydroxyl groups is 1. The number of aliphatic hydroxyl groups excluding tert-OH is 1. The number of carboxylic acid groups (broad SMARTS) is 1. The molecule has 0 bridgehead atoms. The van der Waals surface area contributed by atoms with E-state index in [1.54, 1.807) is 4.90 Å². The van der Waals surface area contributed by atoms with Crippen molar-refractivity contribution >= 4 is 12.0 Å². The van der Waals surface area contributed by atoms with Crippen molar-refractivity contribution < 1.29 is 24.5 Å². The molecular weight excluding hydrogens is 252 g/mol. The Kier molecular flexibility index (Phi) is 3.96. The van der Waals surface area contributed by atoms with Gasteiger partial charge >= 0.3 is 12.0 Å². The van der Waals surface area contributed by atoms with Crippen LogP contribution in [0, 0.1) is 0 Å². The minimum absolute atomic E-state index is 0.0662. The van der Waals surface area contributed by atoms with Crippen LogP contribution in [0.1, 0.15) is 20.3 Å². The number of amides is 2. The van der Waals surface area contributed by atoms with E-state index in [9.17, 15) is 14.7 Å². The molecule has 0 aliphatic carbocycles. The molecule has 7 nitrogen and oxygen atoms in total. The van der Waals surface area contributed by atoms with Gasteiger partial charge in [-0.1, -0.05) is 0 Å². The number of carbonyl (C=O) groups is 2. The molecule has 2 aliphatic rings. The van der Waals surface area contributed by atoms with Gasteiger partial charge in [0.15, 0.2) is 0 Å². The number of β-amino-alcohol motifs (C(OH)–C–C–N with tert-alkyl or cyclic N) is 1. The van der Waals surface area contributed by atoms with Gasteiger partial charge in [0.05, 0.1) is 18.3 Å². The van der Waals surface area contributed by atoms with E-state index in [-0.39, 0.29) is 31.2 Å². The number of hydrogen-bond acceptors (Lipinski definition) is 4. The first-order chi connectivity index (χ1) is 8.88. The van der Waals surface area contributed by atoms with Gasteiger partial charge in [0.2, 0.25) is 0 Å². The second-order valence-corrected chi connectivity index (χ2v) is 5.34. The number of hydrogen-bond donors (Lipinski definition) is 2. The third-order valence-corrected chi connectivity index (χ3v) is 3.50. The lowest BCUT2D eigenvalue weighted by Crippen LogP contribution is -2.54. The highest BCUT2D eigenvalue weighted by atomic mass is 16.5. The summed E-state index contributed by atoms with van der Waals surface area (Å²) < 4.78 is 5.55. The number of ether oxygens (including phenoxy) is 1. The van der Waals surface area contributed by atoms with Crippen LogP contribution in [0.3, 0.4) is 0 Å². The molecule has 2 aliphatic heterocycles. The lowest BCUT2D eigenvalue weighted by molar-refractivity contribution is -0.141. The molecular formula is C12H20N2O5. The van der Waals surface area contributed by atoms with E-state index in [1.807, 2.05) is 13.8 Å². The highest BCUT2D eigenvalue weighted by Gasteiger charge is 2.41. The van der Waals surface area contributed by atoms with Crippen LogP contribution in [0.25, 0.3) is 0 Å². The number of morpholine rings is 1. The maximum Gasteiger partial charge on any atom is 0.326 e. The van der Waals surface area contributed by atoms with Crippen molar-refractivity contribution in [3.63, 3.8) is 0 Å². The van der Waals surface area contributed by atoms with Crippen molar-refractivity contribution in [2.45, 2.75) is 44.6 Å². The molecule has 2 saturated heterocycles. The minimum atomic E-state index is -1.07. The molecule has 7 heteroatoms. The van der Waals surface area contributed by atoms with Gasteiger partial charge in [-0.3, -0.25) is 0 Å². The van der Waals surface area contributed by atoms with Crippen LogP contribution in [0.2, 0.25) is 0 Å². The number of carbonyl (C=O) groups excluding carboxylic acids is 1. The maximum absolute atomic E-state index is 12.4. The molecule has 108 valence electrons. The second kappa shape index (κ2) is 5.34. The lowest BCUT2D eigenvalue weighted by Gasteiger charge is -2.38. The van der Waals surface area contributed by atoms with E-state index in [0.29, 0.717) is 13.1 Å². The summed E-state index contributed by atoms with van der Waals surface area (Å²) in [7, 11) is 0. The van der Waals surface area contributed by atoms with Gasteiger partial charge in [-0.2, -0.15) is 0 Å². The molecule has 0 spiro atoms. The molecule has 0 radical (unpaired) electrons. The number of likely N-dealkylation sites (tertiary alicyclic amines) is 1. The number of rotatable bonds is 1.